The van der Waals surface area contributed by atoms with E-state index in [4.69, 9.17) is 18.6 Å². The second kappa shape index (κ2) is 8.77. The van der Waals surface area contributed by atoms with Crippen LogP contribution < -0.4 is 14.9 Å². The molecule has 1 aliphatic rings. The van der Waals surface area contributed by atoms with Gasteiger partial charge in [0.1, 0.15) is 58.4 Å². The number of ether oxygens (including phenoxy) is 3. The van der Waals surface area contributed by atoms with Crippen LogP contribution in [0.2, 0.25) is 0 Å². The van der Waals surface area contributed by atoms with Crippen molar-refractivity contribution in [2.24, 2.45) is 0 Å². The van der Waals surface area contributed by atoms with Crippen molar-refractivity contribution in [1.29, 1.82) is 0 Å². The van der Waals surface area contributed by atoms with Crippen molar-refractivity contribution in [3.8, 4) is 28.6 Å². The van der Waals surface area contributed by atoms with Gasteiger partial charge in [0.25, 0.3) is 0 Å². The van der Waals surface area contributed by atoms with Crippen LogP contribution in [-0.4, -0.2) is 70.0 Å². The van der Waals surface area contributed by atoms with E-state index in [0.29, 0.717) is 5.56 Å². The lowest BCUT2D eigenvalue weighted by Gasteiger charge is -2.39. The van der Waals surface area contributed by atoms with Gasteiger partial charge in [-0.15, -0.1) is 0 Å². The van der Waals surface area contributed by atoms with Crippen LogP contribution in [0.5, 0.6) is 17.2 Å². The van der Waals surface area contributed by atoms with Gasteiger partial charge >= 0.3 is 0 Å². The summed E-state index contributed by atoms with van der Waals surface area (Å²) in [6.45, 7) is -0.629. The number of methoxy groups -OCH3 is 1. The molecule has 0 amide bonds. The molecule has 0 radical (unpaired) electrons. The lowest BCUT2D eigenvalue weighted by Crippen LogP contribution is -2.60. The number of para-hydroxylation sites is 1. The Balaban J connectivity index is 1.80. The van der Waals surface area contributed by atoms with E-state index in [1.54, 1.807) is 18.2 Å². The summed E-state index contributed by atoms with van der Waals surface area (Å²) in [5.41, 5.74) is -0.118. The van der Waals surface area contributed by atoms with Gasteiger partial charge in [0, 0.05) is 18.2 Å². The van der Waals surface area contributed by atoms with Crippen LogP contribution in [0.3, 0.4) is 0 Å². The van der Waals surface area contributed by atoms with E-state index in [1.807, 2.05) is 0 Å². The maximum atomic E-state index is 13.0. The Bertz CT molecular complexity index is 1170. The number of fused-ring (bicyclic) bond motifs is 1. The molecule has 0 spiro atoms. The van der Waals surface area contributed by atoms with Gasteiger partial charge in [0.05, 0.1) is 19.3 Å². The molecule has 0 aliphatic carbocycles. The number of aromatic hydroxyl groups is 1. The minimum atomic E-state index is -1.67. The van der Waals surface area contributed by atoms with E-state index in [-0.39, 0.29) is 34.0 Å². The normalized spacial score (nSPS) is 25.6. The quantitative estimate of drug-likeness (QED) is 0.370. The van der Waals surface area contributed by atoms with E-state index in [0.717, 1.165) is 0 Å². The predicted molar refractivity (Wildman–Crippen MR) is 111 cm³/mol. The number of rotatable bonds is 5. The number of aliphatic hydroxyl groups is 4. The zero-order valence-electron chi connectivity index (χ0n) is 16.9. The van der Waals surface area contributed by atoms with Gasteiger partial charge in [-0.3, -0.25) is 4.79 Å². The summed E-state index contributed by atoms with van der Waals surface area (Å²) >= 11 is 0. The lowest BCUT2D eigenvalue weighted by atomic mass is 9.99. The van der Waals surface area contributed by atoms with E-state index in [9.17, 15) is 30.3 Å². The molecule has 5 N–H and O–H groups in total. The number of phenolic OH excluding ortho intramolecular Hbond substituents is 1. The van der Waals surface area contributed by atoms with Crippen LogP contribution in [0.15, 0.2) is 51.7 Å². The lowest BCUT2D eigenvalue weighted by molar-refractivity contribution is -0.277. The van der Waals surface area contributed by atoms with Gasteiger partial charge in [-0.05, 0) is 12.1 Å². The van der Waals surface area contributed by atoms with Gasteiger partial charge in [-0.25, -0.2) is 0 Å². The summed E-state index contributed by atoms with van der Waals surface area (Å²) in [6.07, 6.45) is -7.55. The highest BCUT2D eigenvalue weighted by Crippen LogP contribution is 2.35. The van der Waals surface area contributed by atoms with Gasteiger partial charge in [0.15, 0.2) is 5.43 Å². The zero-order valence-corrected chi connectivity index (χ0v) is 16.9. The van der Waals surface area contributed by atoms with Crippen molar-refractivity contribution < 1.29 is 44.2 Å². The highest BCUT2D eigenvalue weighted by Gasteiger charge is 2.45. The summed E-state index contributed by atoms with van der Waals surface area (Å²) in [5, 5.41) is 49.7. The van der Waals surface area contributed by atoms with Crippen LogP contribution >= 0.6 is 0 Å². The molecule has 170 valence electrons. The first kappa shape index (κ1) is 22.1. The number of hydrogen-bond acceptors (Lipinski definition) is 10. The maximum Gasteiger partial charge on any atom is 0.229 e. The standard InChI is InChI=1S/C22H22O10/c1-29-10-6-15-18(13(25)8-14(30-15)11-4-2-3-5-12(11)24)16(7-10)31-22-21(28)20(27)19(26)17(9-23)32-22/h2-8,17,19-24,26-28H,9H2,1H3/t17-,19-,20+,21-,22-/m1/s1. The van der Waals surface area contributed by atoms with Crippen molar-refractivity contribution in [2.45, 2.75) is 30.7 Å². The fourth-order valence-electron chi connectivity index (χ4n) is 3.54. The summed E-state index contributed by atoms with van der Waals surface area (Å²) in [5.74, 6) is 0.235. The predicted octanol–water partition coefficient (Wildman–Crippen LogP) is 0.353. The summed E-state index contributed by atoms with van der Waals surface area (Å²) in [7, 11) is 1.39. The van der Waals surface area contributed by atoms with E-state index in [2.05, 4.69) is 0 Å². The largest absolute Gasteiger partial charge is 0.507 e. The second-order valence-electron chi connectivity index (χ2n) is 7.31. The highest BCUT2D eigenvalue weighted by molar-refractivity contribution is 5.86. The molecule has 10 nitrogen and oxygen atoms in total. The smallest absolute Gasteiger partial charge is 0.229 e. The number of benzene rings is 2. The molecule has 1 aromatic heterocycles. The van der Waals surface area contributed by atoms with Crippen molar-refractivity contribution >= 4 is 11.0 Å². The average Bonchev–Trinajstić information content (AvgIpc) is 2.79. The third-order valence-electron chi connectivity index (χ3n) is 5.26. The van der Waals surface area contributed by atoms with Crippen molar-refractivity contribution in [2.75, 3.05) is 13.7 Å². The third-order valence-corrected chi connectivity index (χ3v) is 5.26. The van der Waals surface area contributed by atoms with Gasteiger partial charge in [-0.2, -0.15) is 0 Å². The third kappa shape index (κ3) is 3.90. The second-order valence-corrected chi connectivity index (χ2v) is 7.31. The van der Waals surface area contributed by atoms with Crippen molar-refractivity contribution in [3.63, 3.8) is 0 Å². The van der Waals surface area contributed by atoms with Crippen LogP contribution in [0.1, 0.15) is 0 Å². The maximum absolute atomic E-state index is 13.0. The molecule has 0 saturated carbocycles. The number of aliphatic hydroxyl groups excluding tert-OH is 4. The van der Waals surface area contributed by atoms with E-state index >= 15 is 0 Å². The van der Waals surface area contributed by atoms with Gasteiger partial charge in [-0.1, -0.05) is 12.1 Å². The Morgan fingerprint density at radius 3 is 2.47 bits per heavy atom. The minimum Gasteiger partial charge on any atom is -0.507 e. The first-order valence-corrected chi connectivity index (χ1v) is 9.75. The van der Waals surface area contributed by atoms with Crippen molar-refractivity contribution in [3.05, 3.63) is 52.7 Å². The molecule has 10 heteroatoms. The van der Waals surface area contributed by atoms with Crippen LogP contribution in [0.25, 0.3) is 22.3 Å². The van der Waals surface area contributed by atoms with Crippen LogP contribution in [0, 0.1) is 0 Å². The fraction of sp³-hybridized carbons (Fsp3) is 0.318. The molecule has 4 rings (SSSR count). The molecule has 0 bridgehead atoms. The molecular weight excluding hydrogens is 424 g/mol. The fourth-order valence-corrected chi connectivity index (χ4v) is 3.54. The monoisotopic (exact) mass is 446 g/mol. The van der Waals surface area contributed by atoms with E-state index < -0.39 is 42.7 Å². The molecule has 1 fully saturated rings. The molecule has 0 unspecified atom stereocenters. The first-order valence-electron chi connectivity index (χ1n) is 9.75. The Kier molecular flexibility index (Phi) is 6.04. The molecule has 32 heavy (non-hydrogen) atoms. The van der Waals surface area contributed by atoms with Gasteiger partial charge < -0.3 is 44.2 Å². The number of hydrogen-bond donors (Lipinski definition) is 5. The Hall–Kier alpha value is -3.15. The summed E-state index contributed by atoms with van der Waals surface area (Å²) in [6, 6.07) is 10.4. The molecule has 2 heterocycles. The summed E-state index contributed by atoms with van der Waals surface area (Å²) < 4.78 is 22.1. The Labute approximate surface area is 181 Å². The Morgan fingerprint density at radius 2 is 1.78 bits per heavy atom. The summed E-state index contributed by atoms with van der Waals surface area (Å²) in [4.78, 5) is 13.0. The average molecular weight is 446 g/mol. The molecule has 1 saturated heterocycles. The molecule has 3 aromatic rings. The van der Waals surface area contributed by atoms with Gasteiger partial charge in [0.2, 0.25) is 6.29 Å². The minimum absolute atomic E-state index is 0.00179. The van der Waals surface area contributed by atoms with Crippen LogP contribution in [0.4, 0.5) is 0 Å². The molecule has 5 atom stereocenters. The van der Waals surface area contributed by atoms with Crippen molar-refractivity contribution in [1.82, 2.24) is 0 Å². The topological polar surface area (TPSA) is 159 Å². The molecule has 2 aromatic carbocycles. The highest BCUT2D eigenvalue weighted by atomic mass is 16.7. The zero-order chi connectivity index (χ0) is 23.0. The molecular formula is C22H22O10. The Morgan fingerprint density at radius 1 is 1.03 bits per heavy atom. The van der Waals surface area contributed by atoms with Crippen LogP contribution in [-0.2, 0) is 4.74 Å². The number of phenols is 1. The molecule has 1 aliphatic heterocycles. The first-order chi connectivity index (χ1) is 15.3. The van der Waals surface area contributed by atoms with E-state index in [1.165, 1.54) is 31.4 Å². The SMILES string of the molecule is COc1cc(O[C@@H]2O[C@H](CO)[C@@H](O)[C@H](O)[C@H]2O)c2c(=O)cc(-c3ccccc3O)oc2c1.